The van der Waals surface area contributed by atoms with Gasteiger partial charge in [0.15, 0.2) is 0 Å². The van der Waals surface area contributed by atoms with Crippen molar-refractivity contribution in [3.63, 3.8) is 0 Å². The number of ether oxygens (including phenoxy) is 3. The molecular formula is C18H12Br2O7. The largest absolute Gasteiger partial charge is 0.426 e. The summed E-state index contributed by atoms with van der Waals surface area (Å²) in [5.41, 5.74) is -0.256. The molecule has 0 fully saturated rings. The molecule has 27 heavy (non-hydrogen) atoms. The Morgan fingerprint density at radius 2 is 1.07 bits per heavy atom. The molecule has 0 aliphatic rings. The molecule has 0 aliphatic heterocycles. The summed E-state index contributed by atoms with van der Waals surface area (Å²) in [5.74, 6) is -3.46. The molecule has 140 valence electrons. The van der Waals surface area contributed by atoms with Crippen LogP contribution in [-0.4, -0.2) is 23.9 Å². The van der Waals surface area contributed by atoms with E-state index in [0.717, 1.165) is 0 Å². The van der Waals surface area contributed by atoms with Crippen LogP contribution in [-0.2, 0) is 14.3 Å². The molecule has 0 bridgehead atoms. The Labute approximate surface area is 170 Å². The zero-order valence-electron chi connectivity index (χ0n) is 14.1. The quantitative estimate of drug-likeness (QED) is 0.355. The smallest absolute Gasteiger partial charge is 0.349 e. The summed E-state index contributed by atoms with van der Waals surface area (Å²) in [7, 11) is 0. The van der Waals surface area contributed by atoms with Gasteiger partial charge in [0.1, 0.15) is 22.6 Å². The van der Waals surface area contributed by atoms with Crippen molar-refractivity contribution < 1.29 is 33.4 Å². The molecule has 0 amide bonds. The van der Waals surface area contributed by atoms with Crippen LogP contribution in [0.5, 0.6) is 11.5 Å². The number of carbonyl (C=O) groups is 4. The van der Waals surface area contributed by atoms with Gasteiger partial charge in [-0.15, -0.1) is 0 Å². The molecule has 0 aromatic heterocycles. The Bertz CT molecular complexity index is 862. The lowest BCUT2D eigenvalue weighted by Crippen LogP contribution is -2.16. The van der Waals surface area contributed by atoms with Crippen LogP contribution < -0.4 is 9.47 Å². The highest BCUT2D eigenvalue weighted by Gasteiger charge is 2.23. The fourth-order valence-corrected chi connectivity index (χ4v) is 2.73. The van der Waals surface area contributed by atoms with Gasteiger partial charge in [0.25, 0.3) is 0 Å². The highest BCUT2D eigenvalue weighted by atomic mass is 79.9. The van der Waals surface area contributed by atoms with Crippen molar-refractivity contribution in [1.29, 1.82) is 0 Å². The molecule has 0 saturated heterocycles. The summed E-state index contributed by atoms with van der Waals surface area (Å²) < 4.78 is 15.8. The third kappa shape index (κ3) is 5.73. The predicted molar refractivity (Wildman–Crippen MR) is 101 cm³/mol. The maximum atomic E-state index is 12.4. The topological polar surface area (TPSA) is 96.0 Å². The average molecular weight is 500 g/mol. The van der Waals surface area contributed by atoms with Crippen LogP contribution in [0.15, 0.2) is 45.3 Å². The Morgan fingerprint density at radius 1 is 0.704 bits per heavy atom. The summed E-state index contributed by atoms with van der Waals surface area (Å²) in [4.78, 5) is 47.2. The standard InChI is InChI=1S/C18H12Br2O7/c1-9(21)25-15-5-3-11(19)7-13(15)17(23)27-18(24)14-8-12(20)4-6-16(14)26-10(2)22/h3-8H,1-2H3. The van der Waals surface area contributed by atoms with Crippen molar-refractivity contribution in [3.8, 4) is 11.5 Å². The van der Waals surface area contributed by atoms with E-state index in [1.165, 1.54) is 38.1 Å². The number of benzene rings is 2. The van der Waals surface area contributed by atoms with Gasteiger partial charge in [-0.3, -0.25) is 9.59 Å². The minimum absolute atomic E-state index is 0.0575. The Balaban J connectivity index is 2.33. The lowest BCUT2D eigenvalue weighted by molar-refractivity contribution is -0.132. The zero-order valence-corrected chi connectivity index (χ0v) is 17.2. The van der Waals surface area contributed by atoms with E-state index in [4.69, 9.17) is 14.2 Å². The second kappa shape index (κ2) is 8.92. The summed E-state index contributed by atoms with van der Waals surface area (Å²) in [6.45, 7) is 2.35. The van der Waals surface area contributed by atoms with Gasteiger partial charge in [-0.05, 0) is 36.4 Å². The first kappa shape index (κ1) is 20.8. The molecule has 0 heterocycles. The van der Waals surface area contributed by atoms with E-state index in [1.807, 2.05) is 0 Å². The molecule has 2 aromatic carbocycles. The normalized spacial score (nSPS) is 10.1. The molecule has 0 spiro atoms. The van der Waals surface area contributed by atoms with Crippen LogP contribution in [0.1, 0.15) is 34.6 Å². The molecule has 0 radical (unpaired) electrons. The van der Waals surface area contributed by atoms with Gasteiger partial charge in [0.2, 0.25) is 0 Å². The number of rotatable bonds is 4. The molecule has 2 rings (SSSR count). The van der Waals surface area contributed by atoms with Gasteiger partial charge in [-0.25, -0.2) is 9.59 Å². The van der Waals surface area contributed by atoms with Crippen molar-refractivity contribution in [2.45, 2.75) is 13.8 Å². The summed E-state index contributed by atoms with van der Waals surface area (Å²) in [6.07, 6.45) is 0. The van der Waals surface area contributed by atoms with Gasteiger partial charge < -0.3 is 14.2 Å². The summed E-state index contributed by atoms with van der Waals surface area (Å²) in [5, 5.41) is 0. The monoisotopic (exact) mass is 498 g/mol. The molecule has 0 saturated carbocycles. The molecule has 0 N–H and O–H groups in total. The van der Waals surface area contributed by atoms with E-state index in [1.54, 1.807) is 12.1 Å². The van der Waals surface area contributed by atoms with Crippen LogP contribution in [0.2, 0.25) is 0 Å². The maximum absolute atomic E-state index is 12.4. The molecule has 0 aliphatic carbocycles. The molecule has 9 heteroatoms. The third-order valence-corrected chi connectivity index (χ3v) is 4.00. The van der Waals surface area contributed by atoms with Gasteiger partial charge >= 0.3 is 23.9 Å². The van der Waals surface area contributed by atoms with Crippen molar-refractivity contribution in [3.05, 3.63) is 56.5 Å². The maximum Gasteiger partial charge on any atom is 0.349 e. The first-order valence-corrected chi connectivity index (χ1v) is 8.98. The molecule has 0 unspecified atom stereocenters. The van der Waals surface area contributed by atoms with Gasteiger partial charge in [0, 0.05) is 22.8 Å². The highest BCUT2D eigenvalue weighted by molar-refractivity contribution is 9.10. The number of hydrogen-bond donors (Lipinski definition) is 0. The first-order valence-electron chi connectivity index (χ1n) is 7.40. The van der Waals surface area contributed by atoms with Gasteiger partial charge in [0.05, 0.1) is 0 Å². The number of hydrogen-bond acceptors (Lipinski definition) is 7. The van der Waals surface area contributed by atoms with E-state index in [2.05, 4.69) is 31.9 Å². The van der Waals surface area contributed by atoms with Crippen LogP contribution in [0.4, 0.5) is 0 Å². The van der Waals surface area contributed by atoms with Crippen LogP contribution in [0.25, 0.3) is 0 Å². The fourth-order valence-electron chi connectivity index (χ4n) is 2.01. The van der Waals surface area contributed by atoms with Crippen LogP contribution in [0.3, 0.4) is 0 Å². The Kier molecular flexibility index (Phi) is 6.86. The molecule has 7 nitrogen and oxygen atoms in total. The minimum Gasteiger partial charge on any atom is -0.426 e. The molecule has 0 atom stereocenters. The first-order chi connectivity index (χ1) is 12.7. The third-order valence-electron chi connectivity index (χ3n) is 3.02. The molecular weight excluding hydrogens is 488 g/mol. The van der Waals surface area contributed by atoms with Crippen molar-refractivity contribution in [1.82, 2.24) is 0 Å². The zero-order chi connectivity index (χ0) is 20.1. The van der Waals surface area contributed by atoms with Gasteiger partial charge in [-0.2, -0.15) is 0 Å². The van der Waals surface area contributed by atoms with E-state index in [9.17, 15) is 19.2 Å². The van der Waals surface area contributed by atoms with Crippen molar-refractivity contribution in [2.75, 3.05) is 0 Å². The van der Waals surface area contributed by atoms with Crippen molar-refractivity contribution in [2.24, 2.45) is 0 Å². The van der Waals surface area contributed by atoms with E-state index < -0.39 is 23.9 Å². The second-order valence-electron chi connectivity index (χ2n) is 5.15. The predicted octanol–water partition coefficient (Wildman–Crippen LogP) is 4.06. The van der Waals surface area contributed by atoms with Crippen LogP contribution >= 0.6 is 31.9 Å². The Morgan fingerprint density at radius 3 is 1.41 bits per heavy atom. The van der Waals surface area contributed by atoms with Crippen molar-refractivity contribution >= 4 is 55.7 Å². The van der Waals surface area contributed by atoms with E-state index in [0.29, 0.717) is 8.95 Å². The fraction of sp³-hybridized carbons (Fsp3) is 0.111. The number of esters is 4. The minimum atomic E-state index is -1.04. The van der Waals surface area contributed by atoms with Crippen LogP contribution in [0, 0.1) is 0 Å². The second-order valence-corrected chi connectivity index (χ2v) is 6.98. The average Bonchev–Trinajstić information content (AvgIpc) is 2.57. The van der Waals surface area contributed by atoms with E-state index >= 15 is 0 Å². The number of carbonyl (C=O) groups excluding carboxylic acids is 4. The highest BCUT2D eigenvalue weighted by Crippen LogP contribution is 2.27. The van der Waals surface area contributed by atoms with Gasteiger partial charge in [-0.1, -0.05) is 31.9 Å². The number of halogens is 2. The molecule has 2 aromatic rings. The SMILES string of the molecule is CC(=O)Oc1ccc(Br)cc1C(=O)OC(=O)c1cc(Br)ccc1OC(C)=O. The Hall–Kier alpha value is -2.52. The lowest BCUT2D eigenvalue weighted by atomic mass is 10.2. The summed E-state index contributed by atoms with van der Waals surface area (Å²) in [6, 6.07) is 8.59. The summed E-state index contributed by atoms with van der Waals surface area (Å²) >= 11 is 6.39. The lowest BCUT2D eigenvalue weighted by Gasteiger charge is -2.11. The van der Waals surface area contributed by atoms with E-state index in [-0.39, 0.29) is 22.6 Å².